The van der Waals surface area contributed by atoms with Crippen LogP contribution in [0.15, 0.2) is 73.3 Å². The number of esters is 2. The van der Waals surface area contributed by atoms with E-state index in [1.54, 1.807) is 84.9 Å². The molecule has 6 N–H and O–H groups in total. The maximum atomic E-state index is 16.2. The van der Waals surface area contributed by atoms with E-state index in [2.05, 4.69) is 40.1 Å². The first-order chi connectivity index (χ1) is 39.4. The molecule has 0 spiro atoms. The van der Waals surface area contributed by atoms with Gasteiger partial charge in [0, 0.05) is 0 Å². The molecule has 0 radical (unpaired) electrons. The Morgan fingerprint density at radius 1 is 0.655 bits per heavy atom. The lowest BCUT2D eigenvalue weighted by atomic mass is 9.97. The van der Waals surface area contributed by atoms with Crippen LogP contribution < -0.4 is 34.4 Å². The van der Waals surface area contributed by atoms with E-state index in [9.17, 15) is 28.9 Å². The number of nitrogen functional groups attached to an aromatic ring is 1. The fourth-order valence-corrected chi connectivity index (χ4v) is 11.5. The molecular formula is C51H67F4N11O16P2. The molecule has 8 rings (SSSR count). The predicted octanol–water partition coefficient (Wildman–Crippen LogP) is 7.17. The number of aliphatic hydroxyl groups excluding tert-OH is 2. The number of aryl methyl sites for hydroxylation is 1. The van der Waals surface area contributed by atoms with Crippen LogP contribution >= 0.6 is 15.5 Å². The van der Waals surface area contributed by atoms with Crippen molar-refractivity contribution in [2.45, 2.75) is 148 Å². The third-order valence-corrected chi connectivity index (χ3v) is 15.6. The number of aliphatic hydroxyl groups is 2. The molecule has 84 heavy (non-hydrogen) atoms. The summed E-state index contributed by atoms with van der Waals surface area (Å²) in [6, 6.07) is 13.1. The minimum Gasteiger partial charge on any atom is -0.476 e. The number of imidazole rings is 2. The van der Waals surface area contributed by atoms with Crippen molar-refractivity contribution < 1.29 is 93.0 Å². The number of halogens is 4. The zero-order chi connectivity index (χ0) is 61.7. The topological polar surface area (TPSA) is 338 Å². The van der Waals surface area contributed by atoms with Gasteiger partial charge in [0.15, 0.2) is 58.3 Å². The van der Waals surface area contributed by atoms with Gasteiger partial charge >= 0.3 is 27.4 Å². The van der Waals surface area contributed by atoms with Crippen LogP contribution in [0, 0.1) is 6.92 Å². The van der Waals surface area contributed by atoms with Crippen molar-refractivity contribution in [3.8, 4) is 23.3 Å². The second-order valence-electron chi connectivity index (χ2n) is 20.1. The van der Waals surface area contributed by atoms with Crippen molar-refractivity contribution in [2.75, 3.05) is 32.2 Å². The van der Waals surface area contributed by atoms with Gasteiger partial charge in [-0.2, -0.15) is 25.1 Å². The van der Waals surface area contributed by atoms with Gasteiger partial charge in [-0.25, -0.2) is 41.6 Å². The maximum Gasteiger partial charge on any atom is 0.459 e. The molecule has 33 heteroatoms. The number of nitrogens with two attached hydrogens (primary N) is 1. The van der Waals surface area contributed by atoms with Crippen molar-refractivity contribution >= 4 is 55.7 Å². The SMILES string of the molecule is CCOc1nc(C)nc2c1ncn2[C@@H]1O[C@](F)(CO[P@@](=O)(NC(C)C(=O)OC(C)C)Oc2ccccc2)[C@@H](O)[C@@]1(C)F.CCOc1nc(N)nc2c1ncn2[C@@H]1O[C@](F)(CO[P@](=O)(N[C@@H](C)C(=O)OC(C)C)Oc2ccccc2)[C@@H](O)[C@@]1(C)F. The Balaban J connectivity index is 0.000000241. The van der Waals surface area contributed by atoms with Gasteiger partial charge in [-0.05, 0) is 100 Å². The molecule has 2 aliphatic heterocycles. The van der Waals surface area contributed by atoms with Crippen LogP contribution in [0.5, 0.6) is 23.3 Å². The Morgan fingerprint density at radius 3 is 1.42 bits per heavy atom. The van der Waals surface area contributed by atoms with E-state index < -0.39 is 113 Å². The highest BCUT2D eigenvalue weighted by Gasteiger charge is 2.67. The zero-order valence-electron chi connectivity index (χ0n) is 47.5. The van der Waals surface area contributed by atoms with Gasteiger partial charge in [0.2, 0.25) is 17.7 Å². The monoisotopic (exact) mass is 1230 g/mol. The Labute approximate surface area is 479 Å². The van der Waals surface area contributed by atoms with Crippen LogP contribution in [-0.4, -0.2) is 147 Å². The summed E-state index contributed by atoms with van der Waals surface area (Å²) in [5.74, 6) is -7.71. The van der Waals surface area contributed by atoms with Crippen LogP contribution in [0.2, 0.25) is 0 Å². The van der Waals surface area contributed by atoms with Gasteiger partial charge in [-0.15, -0.1) is 0 Å². The molecule has 1 unspecified atom stereocenters. The van der Waals surface area contributed by atoms with E-state index in [1.807, 2.05) is 0 Å². The number of carbonyl (C=O) groups excluding carboxylic acids is 2. The van der Waals surface area contributed by atoms with Gasteiger partial charge in [-0.3, -0.25) is 27.8 Å². The molecule has 6 aromatic rings. The van der Waals surface area contributed by atoms with Gasteiger partial charge in [-0.1, -0.05) is 36.4 Å². The summed E-state index contributed by atoms with van der Waals surface area (Å²) < 4.78 is 148. The fraction of sp³-hybridized carbons (Fsp3) is 0.529. The lowest BCUT2D eigenvalue weighted by Crippen LogP contribution is -2.47. The number of para-hydroxylation sites is 2. The fourth-order valence-electron chi connectivity index (χ4n) is 8.46. The number of alkyl halides is 4. The number of rotatable bonds is 24. The number of fused-ring (bicyclic) bond motifs is 2. The highest BCUT2D eigenvalue weighted by Crippen LogP contribution is 2.54. The van der Waals surface area contributed by atoms with Crippen LogP contribution in [0.4, 0.5) is 23.5 Å². The van der Waals surface area contributed by atoms with E-state index in [0.717, 1.165) is 35.6 Å². The average Bonchev–Trinajstić information content (AvgIpc) is 1.76. The number of aromatic nitrogens is 8. The van der Waals surface area contributed by atoms with Crippen LogP contribution in [0.3, 0.4) is 0 Å². The molecule has 6 heterocycles. The zero-order valence-corrected chi connectivity index (χ0v) is 49.3. The first kappa shape index (κ1) is 64.9. The molecule has 0 amide bonds. The average molecular weight is 1230 g/mol. The van der Waals surface area contributed by atoms with Gasteiger partial charge in [0.1, 0.15) is 42.6 Å². The normalized spacial score (nSPS) is 26.2. The molecule has 0 bridgehead atoms. The number of benzene rings is 2. The van der Waals surface area contributed by atoms with E-state index >= 15 is 17.6 Å². The van der Waals surface area contributed by atoms with E-state index in [1.165, 1.54) is 38.1 Å². The van der Waals surface area contributed by atoms with E-state index in [4.69, 9.17) is 52.2 Å². The molecule has 2 fully saturated rings. The molecule has 2 aromatic carbocycles. The quantitative estimate of drug-likeness (QED) is 0.0228. The number of nitrogens with zero attached hydrogens (tertiary/aromatic N) is 8. The molecule has 460 valence electrons. The maximum absolute atomic E-state index is 16.2. The summed E-state index contributed by atoms with van der Waals surface area (Å²) >= 11 is 0. The third kappa shape index (κ3) is 14.5. The Hall–Kier alpha value is -6.66. The van der Waals surface area contributed by atoms with E-state index in [-0.39, 0.29) is 70.6 Å². The summed E-state index contributed by atoms with van der Waals surface area (Å²) in [7, 11) is -9.13. The minimum atomic E-state index is -4.58. The minimum absolute atomic E-state index is 0.0166. The van der Waals surface area contributed by atoms with Crippen LogP contribution in [0.25, 0.3) is 22.3 Å². The van der Waals surface area contributed by atoms with Crippen molar-refractivity contribution in [3.05, 3.63) is 79.1 Å². The summed E-state index contributed by atoms with van der Waals surface area (Å²) in [6.07, 6.45) is -7.16. The number of carbonyl (C=O) groups is 2. The molecule has 0 saturated carbocycles. The molecule has 27 nitrogen and oxygen atoms in total. The largest absolute Gasteiger partial charge is 0.476 e. The number of nitrogens with one attached hydrogen (secondary N) is 2. The van der Waals surface area contributed by atoms with Crippen molar-refractivity contribution in [2.24, 2.45) is 0 Å². The molecule has 2 saturated heterocycles. The standard InChI is InChI=1S/C26H34F2N5O8P.C25H33F2N6O8P/c1-7-37-21-19-20(30-17(5)31-21)33(14-29-19)24-25(6,27)23(35)26(28,40-24)13-38-42(36,41-18-11-9-8-10-12-18)32-16(4)22(34)39-15(2)3;1-6-37-19-17-18(30-23(28)31-19)33(13-29-17)22-24(5,26)21(35)25(27,40-22)12-38-42(36,41-16-10-8-7-9-11-16)32-15(4)20(34)39-14(2)3/h8-12,14-16,23-24,35H,7,13H2,1-6H3,(H,32,36);7-11,13-15,21-22,35H,6,12H2,1-5H3,(H,32,36)(H2,28,30,31)/t16?,23-,24+,25+,26+,42-;15-,21-,22+,24+,25+,42+/m00/s1. The summed E-state index contributed by atoms with van der Waals surface area (Å²) in [4.78, 5) is 49.5. The van der Waals surface area contributed by atoms with Gasteiger partial charge in [0.25, 0.3) is 11.7 Å². The summed E-state index contributed by atoms with van der Waals surface area (Å²) in [5.41, 5.74) is 0.539. The molecule has 0 aliphatic carbocycles. The number of anilines is 1. The molecule has 2 aliphatic rings. The van der Waals surface area contributed by atoms with Gasteiger partial charge < -0.3 is 53.4 Å². The molecule has 4 aromatic heterocycles. The first-order valence-electron chi connectivity index (χ1n) is 26.3. The second-order valence-corrected chi connectivity index (χ2v) is 23.5. The molecular weight excluding hydrogens is 1160 g/mol. The van der Waals surface area contributed by atoms with Crippen molar-refractivity contribution in [1.29, 1.82) is 0 Å². The smallest absolute Gasteiger partial charge is 0.459 e. The Bertz CT molecular complexity index is 3140. The van der Waals surface area contributed by atoms with Crippen LogP contribution in [0.1, 0.15) is 87.5 Å². The number of ether oxygens (including phenoxy) is 6. The highest BCUT2D eigenvalue weighted by atomic mass is 31.2. The number of hydrogen-bond donors (Lipinski definition) is 5. The molecule has 12 atom stereocenters. The van der Waals surface area contributed by atoms with Crippen molar-refractivity contribution in [1.82, 2.24) is 49.2 Å². The highest BCUT2D eigenvalue weighted by molar-refractivity contribution is 7.52. The van der Waals surface area contributed by atoms with Crippen molar-refractivity contribution in [3.63, 3.8) is 0 Å². The lowest BCUT2D eigenvalue weighted by molar-refractivity contribution is -0.203. The first-order valence-corrected chi connectivity index (χ1v) is 29.4. The Morgan fingerprint density at radius 2 is 1.04 bits per heavy atom. The third-order valence-electron chi connectivity index (χ3n) is 12.4. The van der Waals surface area contributed by atoms with E-state index in [0.29, 0.717) is 0 Å². The second kappa shape index (κ2) is 25.9. The number of hydrogen-bond acceptors (Lipinski definition) is 23. The predicted molar refractivity (Wildman–Crippen MR) is 290 cm³/mol. The Kier molecular flexibility index (Phi) is 20.0. The van der Waals surface area contributed by atoms with Crippen LogP contribution in [-0.2, 0) is 46.7 Å². The summed E-state index contributed by atoms with van der Waals surface area (Å²) in [5, 5.41) is 26.4. The van der Waals surface area contributed by atoms with Gasteiger partial charge in [0.05, 0.1) is 38.1 Å². The summed E-state index contributed by atoms with van der Waals surface area (Å²) in [6.45, 7) is 14.0. The lowest BCUT2D eigenvalue weighted by Gasteiger charge is -2.28.